The molecular weight excluding hydrogens is 343 g/mol. The molecule has 1 aliphatic heterocycles. The van der Waals surface area contributed by atoms with Crippen molar-refractivity contribution in [2.24, 2.45) is 0 Å². The van der Waals surface area contributed by atoms with Crippen molar-refractivity contribution in [3.05, 3.63) is 77.4 Å². The molecule has 1 heterocycles. The second-order valence-corrected chi connectivity index (χ2v) is 7.32. The van der Waals surface area contributed by atoms with Gasteiger partial charge in [-0.15, -0.1) is 0 Å². The molecule has 2 aromatic rings. The molecule has 2 N–H and O–H groups in total. The zero-order valence-corrected chi connectivity index (χ0v) is 16.2. The van der Waals surface area contributed by atoms with E-state index in [4.69, 9.17) is 5.73 Å². The van der Waals surface area contributed by atoms with Crippen LogP contribution in [0.25, 0.3) is 5.70 Å². The summed E-state index contributed by atoms with van der Waals surface area (Å²) in [5, 5.41) is 0. The van der Waals surface area contributed by atoms with E-state index in [0.717, 1.165) is 41.9 Å². The molecule has 0 aliphatic carbocycles. The Hall–Kier alpha value is -2.20. The number of halogens is 1. The Kier molecular flexibility index (Phi) is 5.42. The Balaban J connectivity index is 2.07. The van der Waals surface area contributed by atoms with Crippen molar-refractivity contribution in [3.8, 4) is 0 Å². The topological polar surface area (TPSA) is 29.3 Å². The Morgan fingerprint density at radius 1 is 1.27 bits per heavy atom. The molecule has 0 fully saturated rings. The van der Waals surface area contributed by atoms with Crippen molar-refractivity contribution in [2.45, 2.75) is 44.2 Å². The number of benzene rings is 2. The van der Waals surface area contributed by atoms with E-state index in [-0.39, 0.29) is 18.2 Å². The van der Waals surface area contributed by atoms with E-state index < -0.39 is 0 Å². The summed E-state index contributed by atoms with van der Waals surface area (Å²) in [5.74, 6) is 0. The lowest BCUT2D eigenvalue weighted by molar-refractivity contribution is 0.336. The first-order valence-corrected chi connectivity index (χ1v) is 9.65. The lowest BCUT2D eigenvalue weighted by Gasteiger charge is -2.34. The third-order valence-electron chi connectivity index (χ3n) is 5.17. The maximum Gasteiger partial charge on any atom is 0.0812 e. The molecule has 0 radical (unpaired) electrons. The van der Waals surface area contributed by atoms with Crippen molar-refractivity contribution in [1.29, 1.82) is 0 Å². The first-order chi connectivity index (χ1) is 12.5. The summed E-state index contributed by atoms with van der Waals surface area (Å²) in [6, 6.07) is 11.8. The maximum absolute atomic E-state index is 13.0. The van der Waals surface area contributed by atoms with Crippen molar-refractivity contribution in [2.75, 3.05) is 5.73 Å². The van der Waals surface area contributed by atoms with Gasteiger partial charge in [-0.1, -0.05) is 44.7 Å². The van der Waals surface area contributed by atoms with Gasteiger partial charge in [-0.2, -0.15) is 3.89 Å². The molecule has 0 saturated heterocycles. The first kappa shape index (κ1) is 18.6. The summed E-state index contributed by atoms with van der Waals surface area (Å²) in [5.41, 5.74) is 13.5. The standard InChI is InChI=1S/C22H25FN2S/c1-5-14(3)22(21-11-18(24)9-7-16(21)6-2)25-13-17-8-10-19(26-23)12-20(17)15(25)4/h7-12,22H,3-6,13,24H2,1-2H3. The Morgan fingerprint density at radius 2 is 2.04 bits per heavy atom. The Bertz CT molecular complexity index is 859. The lowest BCUT2D eigenvalue weighted by Crippen LogP contribution is -2.25. The third-order valence-corrected chi connectivity index (χ3v) is 5.60. The molecule has 0 aromatic heterocycles. The number of aryl methyl sites for hydroxylation is 1. The van der Waals surface area contributed by atoms with E-state index in [9.17, 15) is 3.89 Å². The predicted molar refractivity (Wildman–Crippen MR) is 110 cm³/mol. The van der Waals surface area contributed by atoms with Gasteiger partial charge >= 0.3 is 0 Å². The summed E-state index contributed by atoms with van der Waals surface area (Å²) in [6.45, 7) is 13.7. The fourth-order valence-corrected chi connectivity index (χ4v) is 3.96. The van der Waals surface area contributed by atoms with Crippen LogP contribution < -0.4 is 5.73 Å². The van der Waals surface area contributed by atoms with Gasteiger partial charge in [0.15, 0.2) is 0 Å². The van der Waals surface area contributed by atoms with Gasteiger partial charge < -0.3 is 10.6 Å². The van der Waals surface area contributed by atoms with Crippen molar-refractivity contribution < 1.29 is 3.89 Å². The fraction of sp³-hybridized carbons (Fsp3) is 0.273. The van der Waals surface area contributed by atoms with Gasteiger partial charge in [0, 0.05) is 28.4 Å². The van der Waals surface area contributed by atoms with E-state index in [1.165, 1.54) is 16.7 Å². The molecule has 4 heteroatoms. The minimum absolute atomic E-state index is 0.0137. The van der Waals surface area contributed by atoms with Gasteiger partial charge in [-0.25, -0.2) is 0 Å². The van der Waals surface area contributed by atoms with E-state index >= 15 is 0 Å². The van der Waals surface area contributed by atoms with Crippen molar-refractivity contribution >= 4 is 23.5 Å². The molecule has 0 bridgehead atoms. The Labute approximate surface area is 159 Å². The van der Waals surface area contributed by atoms with Gasteiger partial charge in [0.05, 0.1) is 18.2 Å². The van der Waals surface area contributed by atoms with Crippen LogP contribution in [0.5, 0.6) is 0 Å². The number of rotatable bonds is 6. The molecule has 0 saturated carbocycles. The molecule has 1 unspecified atom stereocenters. The molecule has 1 atom stereocenters. The zero-order valence-electron chi connectivity index (χ0n) is 15.4. The minimum Gasteiger partial charge on any atom is -0.399 e. The fourth-order valence-electron chi connectivity index (χ4n) is 3.68. The van der Waals surface area contributed by atoms with Crippen LogP contribution in [0, 0.1) is 0 Å². The number of hydrogen-bond donors (Lipinski definition) is 1. The Morgan fingerprint density at radius 3 is 2.69 bits per heavy atom. The van der Waals surface area contributed by atoms with E-state index in [1.54, 1.807) is 0 Å². The summed E-state index contributed by atoms with van der Waals surface area (Å²) in [6.07, 6.45) is 1.80. The van der Waals surface area contributed by atoms with E-state index in [2.05, 4.69) is 44.0 Å². The van der Waals surface area contributed by atoms with Crippen LogP contribution in [0.1, 0.15) is 48.6 Å². The molecule has 26 heavy (non-hydrogen) atoms. The van der Waals surface area contributed by atoms with Crippen molar-refractivity contribution in [3.63, 3.8) is 0 Å². The summed E-state index contributed by atoms with van der Waals surface area (Å²) in [7, 11) is 0. The quantitative estimate of drug-likeness (QED) is 0.479. The molecule has 1 aliphatic rings. The number of anilines is 1. The number of nitrogen functional groups attached to an aromatic ring is 1. The number of hydrogen-bond acceptors (Lipinski definition) is 3. The second-order valence-electron chi connectivity index (χ2n) is 6.70. The number of nitrogens with zero attached hydrogens (tertiary/aromatic N) is 1. The molecule has 136 valence electrons. The smallest absolute Gasteiger partial charge is 0.0812 e. The zero-order chi connectivity index (χ0) is 18.8. The van der Waals surface area contributed by atoms with Gasteiger partial charge in [-0.05, 0) is 53.8 Å². The summed E-state index contributed by atoms with van der Waals surface area (Å²) >= 11 is 0.268. The van der Waals surface area contributed by atoms with E-state index in [0.29, 0.717) is 4.90 Å². The molecule has 2 aromatic carbocycles. The highest BCUT2D eigenvalue weighted by Gasteiger charge is 2.32. The second kappa shape index (κ2) is 7.58. The van der Waals surface area contributed by atoms with Gasteiger partial charge in [0.1, 0.15) is 0 Å². The normalized spacial score (nSPS) is 14.4. The number of nitrogens with two attached hydrogens (primary N) is 1. The molecule has 2 nitrogen and oxygen atoms in total. The maximum atomic E-state index is 13.0. The molecule has 0 amide bonds. The van der Waals surface area contributed by atoms with E-state index in [1.807, 2.05) is 24.3 Å². The number of fused-ring (bicyclic) bond motifs is 1. The van der Waals surface area contributed by atoms with Crippen LogP contribution in [0.4, 0.5) is 9.57 Å². The van der Waals surface area contributed by atoms with Crippen LogP contribution >= 0.6 is 12.1 Å². The minimum atomic E-state index is 0.0137. The first-order valence-electron chi connectivity index (χ1n) is 8.93. The van der Waals surface area contributed by atoms with Crippen LogP contribution in [0.15, 0.2) is 60.0 Å². The largest absolute Gasteiger partial charge is 0.399 e. The average Bonchev–Trinajstić information content (AvgIpc) is 2.98. The third kappa shape index (κ3) is 3.26. The van der Waals surface area contributed by atoms with Crippen LogP contribution in [0.3, 0.4) is 0 Å². The van der Waals surface area contributed by atoms with Crippen LogP contribution in [-0.2, 0) is 13.0 Å². The highest BCUT2D eigenvalue weighted by molar-refractivity contribution is 7.94. The highest BCUT2D eigenvalue weighted by Crippen LogP contribution is 2.44. The SMILES string of the molecule is C=C(CC)C(c1cc(N)ccc1CC)N1Cc2ccc(SF)cc2C1=C. The predicted octanol–water partition coefficient (Wildman–Crippen LogP) is 6.30. The highest BCUT2D eigenvalue weighted by atomic mass is 32.2. The van der Waals surface area contributed by atoms with Gasteiger partial charge in [-0.3, -0.25) is 0 Å². The van der Waals surface area contributed by atoms with Crippen LogP contribution in [0.2, 0.25) is 0 Å². The monoisotopic (exact) mass is 368 g/mol. The van der Waals surface area contributed by atoms with Gasteiger partial charge in [0.2, 0.25) is 0 Å². The molecule has 0 spiro atoms. The average molecular weight is 369 g/mol. The molecule has 3 rings (SSSR count). The van der Waals surface area contributed by atoms with Crippen molar-refractivity contribution in [1.82, 2.24) is 4.90 Å². The van der Waals surface area contributed by atoms with Crippen LogP contribution in [-0.4, -0.2) is 4.90 Å². The summed E-state index contributed by atoms with van der Waals surface area (Å²) in [4.78, 5) is 2.88. The summed E-state index contributed by atoms with van der Waals surface area (Å²) < 4.78 is 13.0. The lowest BCUT2D eigenvalue weighted by atomic mass is 9.91. The molecular formula is C22H25FN2S. The van der Waals surface area contributed by atoms with Gasteiger partial charge in [0.25, 0.3) is 0 Å².